The van der Waals surface area contributed by atoms with Crippen LogP contribution in [0.4, 0.5) is 0 Å². The fourth-order valence-corrected chi connectivity index (χ4v) is 4.67. The van der Waals surface area contributed by atoms with E-state index < -0.39 is 0 Å². The average Bonchev–Trinajstić information content (AvgIpc) is 2.82. The number of rotatable bonds is 7. The van der Waals surface area contributed by atoms with Crippen LogP contribution in [0.3, 0.4) is 0 Å². The summed E-state index contributed by atoms with van der Waals surface area (Å²) in [6.07, 6.45) is 4.99. The number of carbonyl (C=O) groups is 1. The zero-order valence-corrected chi connectivity index (χ0v) is 19.4. The summed E-state index contributed by atoms with van der Waals surface area (Å²) in [6, 6.07) is 16.5. The Morgan fingerprint density at radius 2 is 1.97 bits per heavy atom. The summed E-state index contributed by atoms with van der Waals surface area (Å²) in [6.45, 7) is 7.46. The fraction of sp³-hybridized carbons (Fsp3) is 0.407. The number of piperidine rings is 1. The minimum atomic E-state index is -0.0283. The van der Waals surface area contributed by atoms with E-state index >= 15 is 0 Å². The molecule has 1 amide bonds. The van der Waals surface area contributed by atoms with Crippen molar-refractivity contribution >= 4 is 16.8 Å². The van der Waals surface area contributed by atoms with Gasteiger partial charge in [-0.15, -0.1) is 0 Å². The number of hydrogen-bond acceptors (Lipinski definition) is 3. The Hall–Kier alpha value is -2.92. The molecule has 1 unspecified atom stereocenters. The van der Waals surface area contributed by atoms with Gasteiger partial charge in [0.15, 0.2) is 0 Å². The molecule has 2 aromatic carbocycles. The molecule has 2 atom stereocenters. The number of hydrogen-bond donors (Lipinski definition) is 2. The number of carbonyl (C=O) groups excluding carboxylic acids is 1. The number of fused-ring (bicyclic) bond motifs is 1. The monoisotopic (exact) mass is 432 g/mol. The molecule has 0 saturated carbocycles. The van der Waals surface area contributed by atoms with E-state index in [2.05, 4.69) is 18.3 Å². The van der Waals surface area contributed by atoms with Crippen molar-refractivity contribution in [2.75, 3.05) is 26.7 Å². The summed E-state index contributed by atoms with van der Waals surface area (Å²) < 4.78 is 5.27. The fourth-order valence-electron chi connectivity index (χ4n) is 4.67. The van der Waals surface area contributed by atoms with Crippen LogP contribution in [0, 0.1) is 6.92 Å². The zero-order valence-electron chi connectivity index (χ0n) is 19.4. The van der Waals surface area contributed by atoms with Gasteiger partial charge in [0.2, 0.25) is 0 Å². The molecule has 32 heavy (non-hydrogen) atoms. The van der Waals surface area contributed by atoms with Crippen LogP contribution in [0.2, 0.25) is 0 Å². The molecular formula is C27H34N3O2+. The van der Waals surface area contributed by atoms with Gasteiger partial charge in [0, 0.05) is 23.9 Å². The number of pyridine rings is 1. The smallest absolute Gasteiger partial charge is 0.252 e. The lowest BCUT2D eigenvalue weighted by atomic mass is 10.0. The second-order valence-electron chi connectivity index (χ2n) is 8.97. The number of ether oxygens (including phenoxy) is 1. The van der Waals surface area contributed by atoms with Crippen LogP contribution in [0.1, 0.15) is 48.5 Å². The number of amides is 1. The van der Waals surface area contributed by atoms with Gasteiger partial charge < -0.3 is 15.0 Å². The summed E-state index contributed by atoms with van der Waals surface area (Å²) >= 11 is 0. The third kappa shape index (κ3) is 5.10. The first-order chi connectivity index (χ1) is 15.5. The topological polar surface area (TPSA) is 55.7 Å². The van der Waals surface area contributed by atoms with Crippen LogP contribution >= 0.6 is 0 Å². The molecule has 168 valence electrons. The Morgan fingerprint density at radius 1 is 1.16 bits per heavy atom. The standard InChI is InChI=1S/C27H33N3O2/c1-19-8-13-25-23(17-19)24(18-26(29-25)21-9-11-22(32-3)12-10-21)27(31)28-14-6-16-30-15-5-4-7-20(30)2/h8-13,17-18,20H,4-7,14-16H2,1-3H3,(H,28,31)/p+1/t20-/m1/s1. The Balaban J connectivity index is 1.52. The predicted octanol–water partition coefficient (Wildman–Crippen LogP) is 3.80. The Kier molecular flexibility index (Phi) is 7.05. The molecule has 1 aromatic heterocycles. The van der Waals surface area contributed by atoms with E-state index in [-0.39, 0.29) is 5.91 Å². The second-order valence-corrected chi connectivity index (χ2v) is 8.97. The molecule has 0 aliphatic carbocycles. The average molecular weight is 433 g/mol. The zero-order chi connectivity index (χ0) is 22.5. The van der Waals surface area contributed by atoms with Crippen molar-refractivity contribution in [3.8, 4) is 17.0 Å². The molecule has 0 bridgehead atoms. The maximum absolute atomic E-state index is 13.2. The van der Waals surface area contributed by atoms with E-state index in [0.29, 0.717) is 12.1 Å². The molecule has 1 saturated heterocycles. The van der Waals surface area contributed by atoms with Crippen molar-refractivity contribution in [3.05, 3.63) is 59.7 Å². The van der Waals surface area contributed by atoms with Crippen molar-refractivity contribution < 1.29 is 14.4 Å². The molecular weight excluding hydrogens is 398 g/mol. The summed E-state index contributed by atoms with van der Waals surface area (Å²) in [5.41, 5.74) is 4.39. The molecule has 1 aliphatic rings. The first kappa shape index (κ1) is 22.3. The number of nitrogens with zero attached hydrogens (tertiary/aromatic N) is 1. The van der Waals surface area contributed by atoms with Gasteiger partial charge in [0.1, 0.15) is 5.75 Å². The molecule has 2 N–H and O–H groups in total. The van der Waals surface area contributed by atoms with Crippen molar-refractivity contribution in [1.82, 2.24) is 10.3 Å². The molecule has 1 aliphatic heterocycles. The largest absolute Gasteiger partial charge is 0.497 e. The Bertz CT molecular complexity index is 1080. The van der Waals surface area contributed by atoms with Gasteiger partial charge in [0.05, 0.1) is 43.0 Å². The molecule has 0 radical (unpaired) electrons. The number of aromatic nitrogens is 1. The van der Waals surface area contributed by atoms with Gasteiger partial charge in [-0.1, -0.05) is 11.6 Å². The first-order valence-corrected chi connectivity index (χ1v) is 11.7. The van der Waals surface area contributed by atoms with Crippen LogP contribution in [0.15, 0.2) is 48.5 Å². The normalized spacial score (nSPS) is 18.5. The van der Waals surface area contributed by atoms with Crippen LogP contribution in [-0.2, 0) is 0 Å². The van der Waals surface area contributed by atoms with Crippen LogP contribution in [-0.4, -0.2) is 43.7 Å². The minimum Gasteiger partial charge on any atom is -0.497 e. The number of nitrogens with one attached hydrogen (secondary N) is 2. The molecule has 0 spiro atoms. The van der Waals surface area contributed by atoms with Crippen LogP contribution in [0.5, 0.6) is 5.75 Å². The molecule has 5 heteroatoms. The van der Waals surface area contributed by atoms with Crippen LogP contribution < -0.4 is 15.0 Å². The highest BCUT2D eigenvalue weighted by Gasteiger charge is 2.21. The summed E-state index contributed by atoms with van der Waals surface area (Å²) in [7, 11) is 1.65. The molecule has 5 nitrogen and oxygen atoms in total. The van der Waals surface area contributed by atoms with Crippen molar-refractivity contribution in [2.24, 2.45) is 0 Å². The highest BCUT2D eigenvalue weighted by Crippen LogP contribution is 2.27. The van der Waals surface area contributed by atoms with E-state index in [9.17, 15) is 4.79 Å². The number of benzene rings is 2. The number of aryl methyl sites for hydroxylation is 1. The molecule has 2 heterocycles. The van der Waals surface area contributed by atoms with Gasteiger partial charge in [-0.2, -0.15) is 0 Å². The Labute approximate surface area is 190 Å². The number of methoxy groups -OCH3 is 1. The van der Waals surface area contributed by atoms with E-state index in [0.717, 1.165) is 52.5 Å². The predicted molar refractivity (Wildman–Crippen MR) is 129 cm³/mol. The molecule has 3 aromatic rings. The maximum atomic E-state index is 13.2. The van der Waals surface area contributed by atoms with Gasteiger partial charge in [-0.3, -0.25) is 4.79 Å². The maximum Gasteiger partial charge on any atom is 0.252 e. The lowest BCUT2D eigenvalue weighted by Gasteiger charge is -2.30. The quantitative estimate of drug-likeness (QED) is 0.559. The SMILES string of the molecule is COc1ccc(-c2cc(C(=O)NCCC[NH+]3CCCC[C@H]3C)c3cc(C)ccc3n2)cc1. The van der Waals surface area contributed by atoms with E-state index in [1.807, 2.05) is 49.4 Å². The van der Waals surface area contributed by atoms with Crippen molar-refractivity contribution in [1.29, 1.82) is 0 Å². The van der Waals surface area contributed by atoms with Crippen molar-refractivity contribution in [2.45, 2.75) is 45.6 Å². The lowest BCUT2D eigenvalue weighted by Crippen LogP contribution is -3.16. The highest BCUT2D eigenvalue weighted by molar-refractivity contribution is 6.07. The highest BCUT2D eigenvalue weighted by atomic mass is 16.5. The van der Waals surface area contributed by atoms with E-state index in [1.165, 1.54) is 25.8 Å². The van der Waals surface area contributed by atoms with Gasteiger partial charge in [-0.05, 0) is 75.6 Å². The summed E-state index contributed by atoms with van der Waals surface area (Å²) in [5, 5.41) is 4.06. The van der Waals surface area contributed by atoms with Gasteiger partial charge >= 0.3 is 0 Å². The second kappa shape index (κ2) is 10.1. The summed E-state index contributed by atoms with van der Waals surface area (Å²) in [4.78, 5) is 19.7. The number of likely N-dealkylation sites (tertiary alicyclic amines) is 1. The Morgan fingerprint density at radius 3 is 2.72 bits per heavy atom. The molecule has 4 rings (SSSR count). The third-order valence-corrected chi connectivity index (χ3v) is 6.64. The third-order valence-electron chi connectivity index (χ3n) is 6.64. The van der Waals surface area contributed by atoms with Gasteiger partial charge in [-0.25, -0.2) is 4.98 Å². The first-order valence-electron chi connectivity index (χ1n) is 11.7. The van der Waals surface area contributed by atoms with Gasteiger partial charge in [0.25, 0.3) is 5.91 Å². The lowest BCUT2D eigenvalue weighted by molar-refractivity contribution is -0.928. The molecule has 1 fully saturated rings. The van der Waals surface area contributed by atoms with Crippen LogP contribution in [0.25, 0.3) is 22.2 Å². The summed E-state index contributed by atoms with van der Waals surface area (Å²) in [5.74, 6) is 0.771. The minimum absolute atomic E-state index is 0.0283. The van der Waals surface area contributed by atoms with Crippen molar-refractivity contribution in [3.63, 3.8) is 0 Å². The van der Waals surface area contributed by atoms with E-state index in [1.54, 1.807) is 12.0 Å². The number of quaternary nitrogens is 1. The van der Waals surface area contributed by atoms with E-state index in [4.69, 9.17) is 9.72 Å².